The first-order valence-corrected chi connectivity index (χ1v) is 10.9. The molecule has 0 aliphatic heterocycles. The molecular weight excluding hydrogens is 473 g/mol. The predicted molar refractivity (Wildman–Crippen MR) is 134 cm³/mol. The Labute approximate surface area is 206 Å². The topological polar surface area (TPSA) is 87.1 Å². The zero-order chi connectivity index (χ0) is 24.2. The van der Waals surface area contributed by atoms with E-state index in [1.165, 1.54) is 6.07 Å². The zero-order valence-corrected chi connectivity index (χ0v) is 19.6. The van der Waals surface area contributed by atoms with E-state index >= 15 is 0 Å². The third kappa shape index (κ3) is 4.72. The Morgan fingerprint density at radius 3 is 2.74 bits per heavy atom. The van der Waals surface area contributed by atoms with Crippen LogP contribution < -0.4 is 14.8 Å². The number of carbonyl (C=O) groups is 1. The molecule has 3 aromatic carbocycles. The third-order valence-electron chi connectivity index (χ3n) is 5.24. The van der Waals surface area contributed by atoms with Crippen LogP contribution in [0.2, 0.25) is 10.0 Å². The summed E-state index contributed by atoms with van der Waals surface area (Å²) < 4.78 is 11.2. The number of methoxy groups -OCH3 is 1. The fourth-order valence-electron chi connectivity index (χ4n) is 3.59. The van der Waals surface area contributed by atoms with E-state index in [1.807, 2.05) is 18.2 Å². The Bertz CT molecular complexity index is 1450. The molecule has 170 valence electrons. The van der Waals surface area contributed by atoms with Crippen LogP contribution in [0.5, 0.6) is 17.2 Å². The Balaban J connectivity index is 1.58. The number of hydrogen-bond acceptors (Lipinski definition) is 4. The van der Waals surface area contributed by atoms with Gasteiger partial charge < -0.3 is 19.8 Å². The SMILES string of the molecule is C=Cc1c(CNC(=O)c2c[nH]c3cc(OC)ccc23)ccc(Cl)c1Oc1cc(Cl)cc(C#N)c1. The molecular formula is C26H19Cl2N3O3. The van der Waals surface area contributed by atoms with Gasteiger partial charge in [-0.15, -0.1) is 0 Å². The van der Waals surface area contributed by atoms with Crippen molar-refractivity contribution in [3.63, 3.8) is 0 Å². The van der Waals surface area contributed by atoms with Crippen LogP contribution in [0.1, 0.15) is 27.0 Å². The maximum Gasteiger partial charge on any atom is 0.253 e. The molecule has 0 saturated heterocycles. The normalized spacial score (nSPS) is 10.5. The molecule has 0 aliphatic carbocycles. The highest BCUT2D eigenvalue weighted by molar-refractivity contribution is 6.32. The lowest BCUT2D eigenvalue weighted by molar-refractivity contribution is 0.0952. The number of amides is 1. The first-order valence-electron chi connectivity index (χ1n) is 10.2. The molecule has 1 aromatic heterocycles. The van der Waals surface area contributed by atoms with Crippen LogP contribution in [0.25, 0.3) is 17.0 Å². The largest absolute Gasteiger partial charge is 0.497 e. The van der Waals surface area contributed by atoms with Crippen LogP contribution in [-0.4, -0.2) is 18.0 Å². The molecule has 4 rings (SSSR count). The molecule has 1 amide bonds. The predicted octanol–water partition coefficient (Wildman–Crippen LogP) is 6.72. The van der Waals surface area contributed by atoms with Gasteiger partial charge in [0.1, 0.15) is 11.5 Å². The Hall–Kier alpha value is -3.92. The summed E-state index contributed by atoms with van der Waals surface area (Å²) in [6, 6.07) is 15.7. The number of nitrogens with zero attached hydrogens (tertiary/aromatic N) is 1. The van der Waals surface area contributed by atoms with Gasteiger partial charge in [0, 0.05) is 40.3 Å². The zero-order valence-electron chi connectivity index (χ0n) is 18.1. The smallest absolute Gasteiger partial charge is 0.253 e. The van der Waals surface area contributed by atoms with Gasteiger partial charge in [0.25, 0.3) is 5.91 Å². The Morgan fingerprint density at radius 1 is 1.18 bits per heavy atom. The maximum absolute atomic E-state index is 12.9. The van der Waals surface area contributed by atoms with E-state index < -0.39 is 0 Å². The van der Waals surface area contributed by atoms with Crippen molar-refractivity contribution in [3.8, 4) is 23.3 Å². The van der Waals surface area contributed by atoms with Crippen molar-refractivity contribution in [3.05, 3.63) is 93.6 Å². The van der Waals surface area contributed by atoms with Crippen molar-refractivity contribution in [2.24, 2.45) is 0 Å². The molecule has 6 nitrogen and oxygen atoms in total. The Morgan fingerprint density at radius 2 is 2.00 bits per heavy atom. The molecule has 0 aliphatic rings. The second kappa shape index (κ2) is 9.92. The monoisotopic (exact) mass is 491 g/mol. The van der Waals surface area contributed by atoms with Gasteiger partial charge in [-0.1, -0.05) is 41.9 Å². The molecule has 0 radical (unpaired) electrons. The summed E-state index contributed by atoms with van der Waals surface area (Å²) in [5.74, 6) is 1.18. The van der Waals surface area contributed by atoms with Crippen molar-refractivity contribution in [2.75, 3.05) is 7.11 Å². The average Bonchev–Trinajstić information content (AvgIpc) is 3.27. The third-order valence-corrected chi connectivity index (χ3v) is 5.75. The molecule has 0 spiro atoms. The maximum atomic E-state index is 12.9. The molecule has 2 N–H and O–H groups in total. The fourth-order valence-corrected chi connectivity index (χ4v) is 4.02. The number of hydrogen-bond donors (Lipinski definition) is 2. The van der Waals surface area contributed by atoms with Gasteiger partial charge in [0.05, 0.1) is 29.3 Å². The van der Waals surface area contributed by atoms with E-state index in [1.54, 1.807) is 49.7 Å². The van der Waals surface area contributed by atoms with Crippen LogP contribution in [0.3, 0.4) is 0 Å². The molecule has 0 bridgehead atoms. The first-order chi connectivity index (χ1) is 16.4. The number of rotatable bonds is 7. The van der Waals surface area contributed by atoms with Crippen LogP contribution in [-0.2, 0) is 6.54 Å². The number of aromatic nitrogens is 1. The van der Waals surface area contributed by atoms with Gasteiger partial charge in [0.2, 0.25) is 0 Å². The number of H-pyrrole nitrogens is 1. The summed E-state index contributed by atoms with van der Waals surface area (Å²) in [6.45, 7) is 4.09. The molecule has 0 atom stereocenters. The molecule has 4 aromatic rings. The van der Waals surface area contributed by atoms with Crippen LogP contribution in [0.15, 0.2) is 61.3 Å². The molecule has 1 heterocycles. The molecule has 0 unspecified atom stereocenters. The van der Waals surface area contributed by atoms with Crippen LogP contribution in [0.4, 0.5) is 0 Å². The molecule has 8 heteroatoms. The molecule has 0 saturated carbocycles. The number of halogens is 2. The van der Waals surface area contributed by atoms with E-state index in [0.717, 1.165) is 16.5 Å². The average molecular weight is 492 g/mol. The summed E-state index contributed by atoms with van der Waals surface area (Å²) >= 11 is 12.5. The number of carbonyl (C=O) groups excluding carboxylic acids is 1. The second-order valence-corrected chi connectivity index (χ2v) is 8.18. The Kier molecular flexibility index (Phi) is 6.78. The summed E-state index contributed by atoms with van der Waals surface area (Å²) in [5, 5.41) is 13.6. The molecule has 34 heavy (non-hydrogen) atoms. The van der Waals surface area contributed by atoms with Crippen molar-refractivity contribution < 1.29 is 14.3 Å². The first kappa shape index (κ1) is 23.2. The lowest BCUT2D eigenvalue weighted by Crippen LogP contribution is -2.23. The minimum Gasteiger partial charge on any atom is -0.497 e. The van der Waals surface area contributed by atoms with Crippen LogP contribution >= 0.6 is 23.2 Å². The summed E-state index contributed by atoms with van der Waals surface area (Å²) in [4.78, 5) is 16.0. The summed E-state index contributed by atoms with van der Waals surface area (Å²) in [6.07, 6.45) is 3.27. The second-order valence-electron chi connectivity index (χ2n) is 7.34. The van der Waals surface area contributed by atoms with Crippen molar-refractivity contribution in [1.29, 1.82) is 5.26 Å². The standard InChI is InChI=1S/C26H19Cl2N3O3/c1-3-20-16(4-7-23(28)25(20)34-19-9-15(12-29)8-17(27)10-19)13-31-26(32)22-14-30-24-11-18(33-2)5-6-21(22)24/h3-11,14,30H,1,13H2,2H3,(H,31,32). The highest BCUT2D eigenvalue weighted by Gasteiger charge is 2.16. The number of benzene rings is 3. The van der Waals surface area contributed by atoms with Gasteiger partial charge >= 0.3 is 0 Å². The van der Waals surface area contributed by atoms with Gasteiger partial charge in [-0.2, -0.15) is 5.26 Å². The van der Waals surface area contributed by atoms with E-state index in [4.69, 9.17) is 32.7 Å². The minimum atomic E-state index is -0.239. The van der Waals surface area contributed by atoms with Gasteiger partial charge in [-0.05, 0) is 42.0 Å². The lowest BCUT2D eigenvalue weighted by Gasteiger charge is -2.15. The highest BCUT2D eigenvalue weighted by atomic mass is 35.5. The van der Waals surface area contributed by atoms with Gasteiger partial charge in [-0.25, -0.2) is 0 Å². The summed E-state index contributed by atoms with van der Waals surface area (Å²) in [7, 11) is 1.59. The summed E-state index contributed by atoms with van der Waals surface area (Å²) in [5.41, 5.74) is 3.06. The number of ether oxygens (including phenoxy) is 2. The van der Waals surface area contributed by atoms with E-state index in [-0.39, 0.29) is 12.5 Å². The quantitative estimate of drug-likeness (QED) is 0.300. The number of nitrogens with one attached hydrogen (secondary N) is 2. The van der Waals surface area contributed by atoms with Gasteiger partial charge in [-0.3, -0.25) is 4.79 Å². The van der Waals surface area contributed by atoms with Crippen molar-refractivity contribution >= 4 is 46.1 Å². The number of aromatic amines is 1. The van der Waals surface area contributed by atoms with E-state index in [0.29, 0.717) is 44.0 Å². The van der Waals surface area contributed by atoms with Gasteiger partial charge in [0.15, 0.2) is 5.75 Å². The van der Waals surface area contributed by atoms with E-state index in [2.05, 4.69) is 16.9 Å². The minimum absolute atomic E-state index is 0.218. The van der Waals surface area contributed by atoms with E-state index in [9.17, 15) is 10.1 Å². The van der Waals surface area contributed by atoms with Crippen molar-refractivity contribution in [1.82, 2.24) is 10.3 Å². The highest BCUT2D eigenvalue weighted by Crippen LogP contribution is 2.37. The molecule has 0 fully saturated rings. The number of nitriles is 1. The van der Waals surface area contributed by atoms with Crippen LogP contribution in [0, 0.1) is 11.3 Å². The van der Waals surface area contributed by atoms with Crippen molar-refractivity contribution in [2.45, 2.75) is 6.54 Å². The fraction of sp³-hybridized carbons (Fsp3) is 0.0769. The number of fused-ring (bicyclic) bond motifs is 1. The lowest BCUT2D eigenvalue weighted by atomic mass is 10.1.